The van der Waals surface area contributed by atoms with Crippen LogP contribution in [-0.2, 0) is 0 Å². The predicted octanol–water partition coefficient (Wildman–Crippen LogP) is 11.8. The van der Waals surface area contributed by atoms with Gasteiger partial charge in [-0.3, -0.25) is 0 Å². The van der Waals surface area contributed by atoms with Crippen molar-refractivity contribution < 1.29 is 0 Å². The first-order valence-corrected chi connectivity index (χ1v) is 21.3. The fourth-order valence-electron chi connectivity index (χ4n) is 1.56. The van der Waals surface area contributed by atoms with Gasteiger partial charge in [0.05, 0.1) is 3.92 Å². The van der Waals surface area contributed by atoms with Gasteiger partial charge in [0.15, 0.2) is 0 Å². The van der Waals surface area contributed by atoms with Crippen molar-refractivity contribution in [3.8, 4) is 0 Å². The number of alkyl halides is 15. The highest BCUT2D eigenvalue weighted by Gasteiger charge is 2.80. The minimum absolute atomic E-state index is 0.0441. The van der Waals surface area contributed by atoms with E-state index in [1.165, 1.54) is 0 Å². The van der Waals surface area contributed by atoms with E-state index in [0.29, 0.717) is 3.92 Å². The van der Waals surface area contributed by atoms with Crippen molar-refractivity contribution in [3.63, 3.8) is 0 Å². The fourth-order valence-corrected chi connectivity index (χ4v) is 28.9. The van der Waals surface area contributed by atoms with Crippen LogP contribution in [0.3, 0.4) is 0 Å². The number of halogens is 15. The second-order valence-electron chi connectivity index (χ2n) is 4.48. The molecule has 15 heteroatoms. The quantitative estimate of drug-likeness (QED) is 0.168. The van der Waals surface area contributed by atoms with Crippen LogP contribution in [0.15, 0.2) is 0 Å². The first-order chi connectivity index (χ1) is 9.65. The van der Waals surface area contributed by atoms with Gasteiger partial charge in [0.1, 0.15) is 10.00 Å². The molecule has 0 saturated heterocycles. The van der Waals surface area contributed by atoms with E-state index in [9.17, 15) is 0 Å². The standard InChI is InChI=1S/C8HI15/c9-1-2(10,11)4(14,15)6(18,19)8(22,23)7(20,21)5(16,17)3(1,12)13/h1H. The Kier molecular flexibility index (Phi) is 14.9. The van der Waals surface area contributed by atoms with E-state index in [0.717, 1.165) is 0 Å². The molecule has 0 nitrogen and oxygen atoms in total. The Labute approximate surface area is 341 Å². The molecule has 1 aliphatic rings. The molecular weight excluding hydrogens is 2000 g/mol. The highest BCUT2D eigenvalue weighted by molar-refractivity contribution is 14.2. The smallest absolute Gasteiger partial charge is 0.0778 e. The summed E-state index contributed by atoms with van der Waals surface area (Å²) in [6.07, 6.45) is 0. The van der Waals surface area contributed by atoms with Gasteiger partial charge < -0.3 is 0 Å². The summed E-state index contributed by atoms with van der Waals surface area (Å²) in [6, 6.07) is 0. The van der Waals surface area contributed by atoms with Gasteiger partial charge in [-0.1, -0.05) is 339 Å². The third kappa shape index (κ3) is 5.33. The van der Waals surface area contributed by atoms with Crippen molar-refractivity contribution in [1.82, 2.24) is 0 Å². The summed E-state index contributed by atoms with van der Waals surface area (Å²) in [7, 11) is 0. The first-order valence-electron chi connectivity index (χ1n) is 4.94. The van der Waals surface area contributed by atoms with Crippen molar-refractivity contribution in [2.45, 2.75) is 13.9 Å². The van der Waals surface area contributed by atoms with Crippen molar-refractivity contribution in [2.75, 3.05) is 0 Å². The molecule has 0 heterocycles. The topological polar surface area (TPSA) is 0 Å². The maximum absolute atomic E-state index is 2.73. The summed E-state index contributed by atoms with van der Waals surface area (Å²) >= 11 is 40.9. The maximum atomic E-state index is 2.73. The van der Waals surface area contributed by atoms with E-state index >= 15 is 0 Å². The zero-order valence-electron chi connectivity index (χ0n) is 9.75. The Bertz CT molecular complexity index is 446. The van der Waals surface area contributed by atoms with Crippen LogP contribution >= 0.6 is 339 Å². The van der Waals surface area contributed by atoms with Crippen LogP contribution in [0, 0.1) is 0 Å². The third-order valence-corrected chi connectivity index (χ3v) is 56.5. The van der Waals surface area contributed by atoms with Crippen LogP contribution in [0.4, 0.5) is 0 Å². The van der Waals surface area contributed by atoms with Gasteiger partial charge in [0, 0.05) is 0 Å². The lowest BCUT2D eigenvalue weighted by Gasteiger charge is -2.62. The molecule has 1 aliphatic carbocycles. The molecule has 0 aromatic heterocycles. The van der Waals surface area contributed by atoms with Gasteiger partial charge in [-0.2, -0.15) is 0 Å². The molecule has 23 heavy (non-hydrogen) atoms. The van der Waals surface area contributed by atoms with Gasteiger partial charge >= 0.3 is 0 Å². The molecule has 1 saturated carbocycles. The van der Waals surface area contributed by atoms with E-state index in [1.54, 1.807) is 0 Å². The van der Waals surface area contributed by atoms with E-state index in [2.05, 4.69) is 339 Å². The van der Waals surface area contributed by atoms with Gasteiger partial charge in [-0.25, -0.2) is 0 Å². The maximum Gasteiger partial charge on any atom is 0.125 e. The van der Waals surface area contributed by atoms with Crippen LogP contribution < -0.4 is 0 Å². The molecule has 0 spiro atoms. The predicted molar refractivity (Wildman–Crippen MR) is 233 cm³/mol. The zero-order chi connectivity index (χ0) is 19.1. The normalized spacial score (nSPS) is 33.5. The van der Waals surface area contributed by atoms with E-state index < -0.39 is 0 Å². The average molecular weight is 2000 g/mol. The second kappa shape index (κ2) is 10.7. The summed E-state index contributed by atoms with van der Waals surface area (Å²) in [6.45, 7) is 0. The first kappa shape index (κ1) is 32.0. The Hall–Kier alpha value is 11.0. The van der Waals surface area contributed by atoms with E-state index in [1.807, 2.05) is 0 Å². The summed E-state index contributed by atoms with van der Waals surface area (Å²) in [5, 5.41) is 0. The monoisotopic (exact) mass is 2000 g/mol. The lowest BCUT2D eigenvalue weighted by molar-refractivity contribution is 0.592. The Morgan fingerprint density at radius 2 is 0.522 bits per heavy atom. The molecule has 0 aromatic rings. The van der Waals surface area contributed by atoms with Crippen molar-refractivity contribution in [3.05, 3.63) is 0 Å². The molecule has 138 valence electrons. The Morgan fingerprint density at radius 1 is 0.348 bits per heavy atom. The summed E-state index contributed by atoms with van der Waals surface area (Å²) in [5.74, 6) is 0. The highest BCUT2D eigenvalue weighted by Crippen LogP contribution is 2.81. The molecule has 0 radical (unpaired) electrons. The Balaban J connectivity index is 3.95. The molecule has 1 fully saturated rings. The van der Waals surface area contributed by atoms with Crippen molar-refractivity contribution in [2.24, 2.45) is 0 Å². The second-order valence-corrected chi connectivity index (χ2v) is 43.2. The highest BCUT2D eigenvalue weighted by atomic mass is 127. The van der Waals surface area contributed by atoms with Gasteiger partial charge in [0.25, 0.3) is 0 Å². The molecule has 0 aliphatic heterocycles. The van der Waals surface area contributed by atoms with Crippen molar-refractivity contribution >= 4 is 339 Å². The summed E-state index contributed by atoms with van der Waals surface area (Å²) < 4.78 is 0.980. The minimum atomic E-state index is 0.0441. The Morgan fingerprint density at radius 3 is 0.739 bits per heavy atom. The number of hydrogen-bond acceptors (Lipinski definition) is 0. The molecular formula is C8HI15. The van der Waals surface area contributed by atoms with Gasteiger partial charge in [0.2, 0.25) is 0 Å². The molecule has 0 unspecified atom stereocenters. The number of rotatable bonds is 0. The van der Waals surface area contributed by atoms with Crippen LogP contribution in [0.5, 0.6) is 0 Å². The van der Waals surface area contributed by atoms with Crippen LogP contribution in [0.25, 0.3) is 0 Å². The minimum Gasteiger partial charge on any atom is -0.0778 e. The van der Waals surface area contributed by atoms with Gasteiger partial charge in [-0.15, -0.1) is 0 Å². The molecule has 1 rings (SSSR count). The summed E-state index contributed by atoms with van der Waals surface area (Å²) in [4.78, 5) is 0. The van der Waals surface area contributed by atoms with Crippen LogP contribution in [0.1, 0.15) is 0 Å². The molecule has 0 N–H and O–H groups in total. The lowest BCUT2D eigenvalue weighted by Crippen LogP contribution is -2.73. The van der Waals surface area contributed by atoms with Crippen LogP contribution in [-0.4, -0.2) is 13.9 Å². The van der Waals surface area contributed by atoms with Gasteiger partial charge in [-0.05, 0) is 0 Å². The van der Waals surface area contributed by atoms with Crippen molar-refractivity contribution in [1.29, 1.82) is 0 Å². The molecule has 0 atom stereocenters. The number of hydrogen-bond donors (Lipinski definition) is 0. The SMILES string of the molecule is IC1C(I)(I)C(I)(I)C(I)(I)C(I)(I)C(I)(I)C(I)(I)C1(I)I. The largest absolute Gasteiger partial charge is 0.125 e. The van der Waals surface area contributed by atoms with Crippen LogP contribution in [0.2, 0.25) is 0 Å². The fraction of sp³-hybridized carbons (Fsp3) is 1.00. The molecule has 0 amide bonds. The lowest BCUT2D eigenvalue weighted by atomic mass is 10.00. The zero-order valence-corrected chi connectivity index (χ0v) is 42.1. The average Bonchev–Trinajstić information content (AvgIpc) is 2.35. The third-order valence-electron chi connectivity index (χ3n) is 3.05. The van der Waals surface area contributed by atoms with E-state index in [-0.39, 0.29) is 10.00 Å². The molecule has 0 bridgehead atoms. The molecule has 0 aromatic carbocycles. The summed E-state index contributed by atoms with van der Waals surface area (Å²) in [5.41, 5.74) is 0. The van der Waals surface area contributed by atoms with E-state index in [4.69, 9.17) is 0 Å².